The van der Waals surface area contributed by atoms with Crippen LogP contribution in [0.25, 0.3) is 0 Å². The Morgan fingerprint density at radius 2 is 0.491 bits per heavy atom. The fraction of sp³-hybridized carbons (Fsp3) is 0.747. The van der Waals surface area contributed by atoms with Crippen molar-refractivity contribution in [2.75, 3.05) is 39.6 Å². The van der Waals surface area contributed by atoms with Crippen LogP contribution in [0.1, 0.15) is 362 Å². The lowest BCUT2D eigenvalue weighted by Gasteiger charge is -2.21. The number of unbranched alkanes of at least 4 members (excludes halogenated alkanes) is 35. The third kappa shape index (κ3) is 77.9. The minimum absolute atomic E-state index is 0.0811. The molecule has 0 saturated heterocycles. The van der Waals surface area contributed by atoms with Crippen LogP contribution in [0, 0.1) is 0 Å². The zero-order valence-corrected chi connectivity index (χ0v) is 68.9. The molecule has 612 valence electrons. The van der Waals surface area contributed by atoms with Crippen LogP contribution in [-0.4, -0.2) is 96.7 Å². The van der Waals surface area contributed by atoms with Gasteiger partial charge in [0.25, 0.3) is 0 Å². The minimum Gasteiger partial charge on any atom is -0.462 e. The molecule has 106 heavy (non-hydrogen) atoms. The molecule has 0 spiro atoms. The molecule has 0 aromatic heterocycles. The average Bonchev–Trinajstić information content (AvgIpc) is 0.902. The monoisotopic (exact) mass is 1530 g/mol. The molecule has 0 bridgehead atoms. The Balaban J connectivity index is 5.37. The van der Waals surface area contributed by atoms with Crippen LogP contribution in [0.5, 0.6) is 0 Å². The Bertz CT molecular complexity index is 2430. The van der Waals surface area contributed by atoms with Crippen LogP contribution in [0.2, 0.25) is 0 Å². The molecule has 0 amide bonds. The number of hydrogen-bond donors (Lipinski definition) is 3. The smallest absolute Gasteiger partial charge is 0.462 e. The summed E-state index contributed by atoms with van der Waals surface area (Å²) in [4.78, 5) is 73.2. The Morgan fingerprint density at radius 3 is 0.755 bits per heavy atom. The van der Waals surface area contributed by atoms with E-state index in [2.05, 4.69) is 137 Å². The maximum atomic E-state index is 13.1. The number of allylic oxidation sites excluding steroid dienone is 18. The van der Waals surface area contributed by atoms with Crippen molar-refractivity contribution in [3.63, 3.8) is 0 Å². The number of aliphatic hydroxyl groups excluding tert-OH is 1. The molecule has 0 aliphatic rings. The van der Waals surface area contributed by atoms with Crippen molar-refractivity contribution >= 4 is 39.5 Å². The molecule has 0 radical (unpaired) electrons. The van der Waals surface area contributed by atoms with Gasteiger partial charge in [0.1, 0.15) is 19.3 Å². The van der Waals surface area contributed by atoms with E-state index < -0.39 is 97.5 Å². The van der Waals surface area contributed by atoms with Gasteiger partial charge in [0, 0.05) is 25.7 Å². The van der Waals surface area contributed by atoms with Gasteiger partial charge in [-0.1, -0.05) is 323 Å². The molecule has 3 N–H and O–H groups in total. The summed E-state index contributed by atoms with van der Waals surface area (Å²) in [6.45, 7) is 4.58. The van der Waals surface area contributed by atoms with Crippen molar-refractivity contribution in [1.29, 1.82) is 0 Å². The lowest BCUT2D eigenvalue weighted by Crippen LogP contribution is -2.30. The SMILES string of the molecule is CC/C=C\C/C=C\C/C=C\CCCCCCCCCC(=O)OCC(COP(=O)(O)OCC(O)COP(=O)(O)OCC(COC(=O)CCCCCCCCC/C=C\C/C=C\C/C=C\CC)OC(=O)CCCCCCCCCCCCCCCCC)OC(=O)CCCCCCCCC/C=C\C/C=C\C/C=C\CC. The third-order valence-corrected chi connectivity index (χ3v) is 19.6. The van der Waals surface area contributed by atoms with Crippen molar-refractivity contribution in [3.05, 3.63) is 109 Å². The van der Waals surface area contributed by atoms with Crippen LogP contribution in [0.15, 0.2) is 109 Å². The molecule has 0 rings (SSSR count). The maximum absolute atomic E-state index is 13.1. The predicted octanol–water partition coefficient (Wildman–Crippen LogP) is 24.9. The van der Waals surface area contributed by atoms with Crippen LogP contribution >= 0.6 is 15.6 Å². The maximum Gasteiger partial charge on any atom is 0.472 e. The van der Waals surface area contributed by atoms with E-state index in [1.807, 2.05) is 0 Å². The minimum atomic E-state index is -4.99. The van der Waals surface area contributed by atoms with Gasteiger partial charge >= 0.3 is 39.5 Å². The summed E-state index contributed by atoms with van der Waals surface area (Å²) in [6.07, 6.45) is 86.1. The van der Waals surface area contributed by atoms with Gasteiger partial charge < -0.3 is 33.8 Å². The lowest BCUT2D eigenvalue weighted by atomic mass is 10.0. The fourth-order valence-corrected chi connectivity index (χ4v) is 13.0. The van der Waals surface area contributed by atoms with Crippen molar-refractivity contribution < 1.29 is 80.2 Å². The zero-order chi connectivity index (χ0) is 77.4. The van der Waals surface area contributed by atoms with E-state index in [1.54, 1.807) is 0 Å². The van der Waals surface area contributed by atoms with Gasteiger partial charge in [-0.05, 0) is 122 Å². The first-order valence-electron chi connectivity index (χ1n) is 42.1. The number of carbonyl (C=O) groups excluding carboxylic acids is 4. The first-order chi connectivity index (χ1) is 51.7. The molecule has 0 aliphatic carbocycles. The molecule has 0 aromatic carbocycles. The summed E-state index contributed by atoms with van der Waals surface area (Å²) in [5.74, 6) is -2.18. The predicted molar refractivity (Wildman–Crippen MR) is 436 cm³/mol. The molecule has 0 heterocycles. The summed E-state index contributed by atoms with van der Waals surface area (Å²) in [5, 5.41) is 10.7. The second-order valence-electron chi connectivity index (χ2n) is 28.0. The molecule has 19 heteroatoms. The van der Waals surface area contributed by atoms with Crippen LogP contribution in [0.4, 0.5) is 0 Å². The first-order valence-corrected chi connectivity index (χ1v) is 45.1. The number of carbonyl (C=O) groups is 4. The van der Waals surface area contributed by atoms with Crippen molar-refractivity contribution in [2.24, 2.45) is 0 Å². The van der Waals surface area contributed by atoms with E-state index in [1.165, 1.54) is 64.2 Å². The zero-order valence-electron chi connectivity index (χ0n) is 67.1. The van der Waals surface area contributed by atoms with Gasteiger partial charge in [0.05, 0.1) is 26.4 Å². The van der Waals surface area contributed by atoms with E-state index in [0.717, 1.165) is 218 Å². The van der Waals surface area contributed by atoms with Gasteiger partial charge in [-0.25, -0.2) is 9.13 Å². The molecule has 5 unspecified atom stereocenters. The van der Waals surface area contributed by atoms with E-state index >= 15 is 0 Å². The molecular weight excluding hydrogens is 1380 g/mol. The highest BCUT2D eigenvalue weighted by Crippen LogP contribution is 2.45. The highest BCUT2D eigenvalue weighted by atomic mass is 31.2. The lowest BCUT2D eigenvalue weighted by molar-refractivity contribution is -0.161. The van der Waals surface area contributed by atoms with Gasteiger partial charge in [0.2, 0.25) is 0 Å². The number of phosphoric acid groups is 2. The van der Waals surface area contributed by atoms with Gasteiger partial charge in [-0.2, -0.15) is 0 Å². The summed E-state index contributed by atoms with van der Waals surface area (Å²) in [7, 11) is -9.97. The summed E-state index contributed by atoms with van der Waals surface area (Å²) < 4.78 is 68.8. The Labute approximate surface area is 645 Å². The number of esters is 4. The number of aliphatic hydroxyl groups is 1. The summed E-state index contributed by atoms with van der Waals surface area (Å²) in [6, 6.07) is 0. The van der Waals surface area contributed by atoms with Crippen LogP contribution in [-0.2, 0) is 65.4 Å². The number of rotatable bonds is 79. The van der Waals surface area contributed by atoms with E-state index in [-0.39, 0.29) is 25.7 Å². The Kier molecular flexibility index (Phi) is 75.6. The number of ether oxygens (including phenoxy) is 4. The van der Waals surface area contributed by atoms with Gasteiger partial charge in [-0.15, -0.1) is 0 Å². The second kappa shape index (κ2) is 78.8. The number of hydrogen-bond acceptors (Lipinski definition) is 15. The van der Waals surface area contributed by atoms with E-state index in [4.69, 9.17) is 37.0 Å². The topological polar surface area (TPSA) is 237 Å². The fourth-order valence-electron chi connectivity index (χ4n) is 11.4. The molecule has 17 nitrogen and oxygen atoms in total. The molecular formula is C87H152O17P2. The Morgan fingerprint density at radius 1 is 0.274 bits per heavy atom. The van der Waals surface area contributed by atoms with Gasteiger partial charge in [-0.3, -0.25) is 37.3 Å². The molecule has 0 saturated carbocycles. The van der Waals surface area contributed by atoms with Crippen molar-refractivity contribution in [2.45, 2.75) is 380 Å². The quantitative estimate of drug-likeness (QED) is 0.0169. The standard InChI is InChI=1S/C87H152O17P2/c1-5-9-13-17-21-25-29-33-37-40-44-47-51-55-59-63-67-71-84(89)97-77-82(103-86(91)73-69-65-61-57-53-49-43-36-32-28-24-20-16-12-8-4)79-101-105(93,94)99-75-81(88)76-100-106(95,96)102-80-83(104-87(92)74-70-66-62-58-54-50-46-42-39-35-31-27-23-19-15-11-7-3)78-98-85(90)72-68-64-60-56-52-48-45-41-38-34-30-26-22-18-14-10-6-2/h9-11,13-15,21-23,25-27,33-35,37-39,81-83,88H,5-8,12,16-20,24,28-32,36,40-80H2,1-4H3,(H,93,94)(H,95,96)/b13-9-,14-10-,15-11-,25-21-,26-22-,27-23-,37-33-,38-34-,39-35-. The Hall–Kier alpha value is -4.28. The third-order valence-electron chi connectivity index (χ3n) is 17.7. The molecule has 0 aliphatic heterocycles. The largest absolute Gasteiger partial charge is 0.472 e. The van der Waals surface area contributed by atoms with Crippen molar-refractivity contribution in [1.82, 2.24) is 0 Å². The molecule has 0 fully saturated rings. The van der Waals surface area contributed by atoms with Crippen LogP contribution < -0.4 is 0 Å². The second-order valence-corrected chi connectivity index (χ2v) is 30.9. The summed E-state index contributed by atoms with van der Waals surface area (Å²) >= 11 is 0. The summed E-state index contributed by atoms with van der Waals surface area (Å²) in [5.41, 5.74) is 0. The van der Waals surface area contributed by atoms with Crippen LogP contribution in [0.3, 0.4) is 0 Å². The van der Waals surface area contributed by atoms with E-state index in [9.17, 15) is 43.2 Å². The molecule has 5 atom stereocenters. The number of phosphoric ester groups is 2. The van der Waals surface area contributed by atoms with E-state index in [0.29, 0.717) is 25.7 Å². The average molecular weight is 1530 g/mol. The normalized spacial score (nSPS) is 14.4. The van der Waals surface area contributed by atoms with Crippen molar-refractivity contribution in [3.8, 4) is 0 Å². The highest BCUT2D eigenvalue weighted by molar-refractivity contribution is 7.47. The highest BCUT2D eigenvalue weighted by Gasteiger charge is 2.30. The van der Waals surface area contributed by atoms with Gasteiger partial charge in [0.15, 0.2) is 12.2 Å². The first kappa shape index (κ1) is 102. The molecule has 0 aromatic rings.